The summed E-state index contributed by atoms with van der Waals surface area (Å²) in [5.74, 6) is -2.49. The third-order valence-corrected chi connectivity index (χ3v) is 4.47. The molecular formula is C23H19ClO6. The highest BCUT2D eigenvalue weighted by Gasteiger charge is 2.35. The maximum atomic E-state index is 13.4. The highest BCUT2D eigenvalue weighted by atomic mass is 35.5. The molecule has 1 heterocycles. The van der Waals surface area contributed by atoms with Gasteiger partial charge in [-0.15, -0.1) is 0 Å². The third kappa shape index (κ3) is 4.28. The van der Waals surface area contributed by atoms with Crippen LogP contribution in [0, 0.1) is 0 Å². The first-order chi connectivity index (χ1) is 14.5. The van der Waals surface area contributed by atoms with E-state index in [0.717, 1.165) is 0 Å². The van der Waals surface area contributed by atoms with Gasteiger partial charge in [-0.05, 0) is 38.1 Å². The van der Waals surface area contributed by atoms with Crippen LogP contribution in [-0.4, -0.2) is 30.9 Å². The Labute approximate surface area is 178 Å². The molecule has 0 atom stereocenters. The monoisotopic (exact) mass is 426 g/mol. The smallest absolute Gasteiger partial charge is 0.375 e. The van der Waals surface area contributed by atoms with Crippen LogP contribution in [0.5, 0.6) is 0 Å². The number of esters is 2. The lowest BCUT2D eigenvalue weighted by atomic mass is 9.96. The van der Waals surface area contributed by atoms with Crippen LogP contribution in [0.4, 0.5) is 0 Å². The van der Waals surface area contributed by atoms with Gasteiger partial charge in [0.05, 0.1) is 18.8 Å². The van der Waals surface area contributed by atoms with E-state index in [-0.39, 0.29) is 41.4 Å². The van der Waals surface area contributed by atoms with Gasteiger partial charge in [0.15, 0.2) is 5.78 Å². The summed E-state index contributed by atoms with van der Waals surface area (Å²) in [6.07, 6.45) is 0. The lowest BCUT2D eigenvalue weighted by Gasteiger charge is -2.07. The molecule has 30 heavy (non-hydrogen) atoms. The first-order valence-corrected chi connectivity index (χ1v) is 9.72. The number of furan rings is 1. The van der Waals surface area contributed by atoms with Gasteiger partial charge in [0, 0.05) is 16.1 Å². The van der Waals surface area contributed by atoms with E-state index < -0.39 is 17.7 Å². The Bertz CT molecular complexity index is 1070. The molecule has 0 spiro atoms. The van der Waals surface area contributed by atoms with Gasteiger partial charge >= 0.3 is 11.9 Å². The van der Waals surface area contributed by atoms with Gasteiger partial charge < -0.3 is 13.9 Å². The van der Waals surface area contributed by atoms with Crippen molar-refractivity contribution in [2.24, 2.45) is 0 Å². The summed E-state index contributed by atoms with van der Waals surface area (Å²) in [4.78, 5) is 38.7. The Morgan fingerprint density at radius 1 is 0.833 bits per heavy atom. The summed E-state index contributed by atoms with van der Waals surface area (Å²) in [5.41, 5.74) is 0.480. The van der Waals surface area contributed by atoms with Crippen molar-refractivity contribution in [1.82, 2.24) is 0 Å². The number of ether oxygens (including phenoxy) is 2. The molecule has 0 aliphatic carbocycles. The minimum atomic E-state index is -0.854. The topological polar surface area (TPSA) is 82.8 Å². The van der Waals surface area contributed by atoms with Gasteiger partial charge in [-0.1, -0.05) is 41.9 Å². The molecule has 3 rings (SSSR count). The zero-order valence-corrected chi connectivity index (χ0v) is 17.2. The number of benzene rings is 2. The molecule has 7 heteroatoms. The predicted molar refractivity (Wildman–Crippen MR) is 111 cm³/mol. The number of rotatable bonds is 7. The van der Waals surface area contributed by atoms with Crippen molar-refractivity contribution in [3.8, 4) is 11.3 Å². The van der Waals surface area contributed by atoms with Crippen molar-refractivity contribution in [2.75, 3.05) is 13.2 Å². The fourth-order valence-corrected chi connectivity index (χ4v) is 3.05. The summed E-state index contributed by atoms with van der Waals surface area (Å²) in [5, 5.41) is 0.458. The average molecular weight is 427 g/mol. The van der Waals surface area contributed by atoms with Crippen molar-refractivity contribution < 1.29 is 28.3 Å². The predicted octanol–water partition coefficient (Wildman–Crippen LogP) is 5.18. The molecule has 6 nitrogen and oxygen atoms in total. The van der Waals surface area contributed by atoms with Gasteiger partial charge in [0.2, 0.25) is 5.76 Å². The van der Waals surface area contributed by atoms with Crippen molar-refractivity contribution in [2.45, 2.75) is 13.8 Å². The van der Waals surface area contributed by atoms with E-state index >= 15 is 0 Å². The molecule has 0 aliphatic rings. The Morgan fingerprint density at radius 3 is 2.03 bits per heavy atom. The highest BCUT2D eigenvalue weighted by molar-refractivity contribution is 6.30. The van der Waals surface area contributed by atoms with Crippen LogP contribution in [0.2, 0.25) is 5.02 Å². The van der Waals surface area contributed by atoms with Gasteiger partial charge in [-0.2, -0.15) is 0 Å². The van der Waals surface area contributed by atoms with E-state index in [9.17, 15) is 14.4 Å². The zero-order chi connectivity index (χ0) is 21.7. The average Bonchev–Trinajstić information content (AvgIpc) is 3.15. The van der Waals surface area contributed by atoms with Crippen molar-refractivity contribution >= 4 is 29.3 Å². The molecule has 1 aromatic heterocycles. The van der Waals surface area contributed by atoms with E-state index in [1.54, 1.807) is 56.3 Å². The quantitative estimate of drug-likeness (QED) is 0.382. The van der Waals surface area contributed by atoms with E-state index in [4.69, 9.17) is 25.5 Å². The molecule has 0 fully saturated rings. The summed E-state index contributed by atoms with van der Waals surface area (Å²) in [7, 11) is 0. The van der Waals surface area contributed by atoms with Crippen LogP contribution >= 0.6 is 11.6 Å². The maximum absolute atomic E-state index is 13.4. The number of ketones is 1. The van der Waals surface area contributed by atoms with Gasteiger partial charge in [-0.3, -0.25) is 4.79 Å². The highest BCUT2D eigenvalue weighted by Crippen LogP contribution is 2.34. The molecule has 2 aromatic carbocycles. The summed E-state index contributed by atoms with van der Waals surface area (Å²) < 4.78 is 15.9. The van der Waals surface area contributed by atoms with E-state index in [1.807, 2.05) is 0 Å². The van der Waals surface area contributed by atoms with Crippen LogP contribution in [0.1, 0.15) is 50.7 Å². The summed E-state index contributed by atoms with van der Waals surface area (Å²) in [6.45, 7) is 3.38. The Morgan fingerprint density at radius 2 is 1.43 bits per heavy atom. The molecule has 154 valence electrons. The van der Waals surface area contributed by atoms with Crippen molar-refractivity contribution in [3.63, 3.8) is 0 Å². The van der Waals surface area contributed by atoms with Gasteiger partial charge in [0.25, 0.3) is 0 Å². The number of hydrogen-bond acceptors (Lipinski definition) is 6. The zero-order valence-electron chi connectivity index (χ0n) is 16.4. The maximum Gasteiger partial charge on any atom is 0.375 e. The molecule has 0 saturated heterocycles. The van der Waals surface area contributed by atoms with Crippen molar-refractivity contribution in [1.29, 1.82) is 0 Å². The third-order valence-electron chi connectivity index (χ3n) is 4.22. The summed E-state index contributed by atoms with van der Waals surface area (Å²) in [6, 6.07) is 14.9. The van der Waals surface area contributed by atoms with E-state index in [0.29, 0.717) is 10.6 Å². The molecule has 3 aromatic rings. The second-order valence-corrected chi connectivity index (χ2v) is 6.59. The van der Waals surface area contributed by atoms with Gasteiger partial charge in [0.1, 0.15) is 11.3 Å². The first kappa shape index (κ1) is 21.3. The van der Waals surface area contributed by atoms with Crippen LogP contribution in [0.25, 0.3) is 11.3 Å². The normalized spacial score (nSPS) is 10.5. The summed E-state index contributed by atoms with van der Waals surface area (Å²) >= 11 is 5.93. The second kappa shape index (κ2) is 9.41. The molecule has 0 unspecified atom stereocenters. The van der Waals surface area contributed by atoms with Crippen molar-refractivity contribution in [3.05, 3.63) is 82.1 Å². The molecule has 0 amide bonds. The minimum Gasteiger partial charge on any atom is -0.462 e. The molecule has 0 bridgehead atoms. The second-order valence-electron chi connectivity index (χ2n) is 6.15. The first-order valence-electron chi connectivity index (χ1n) is 9.34. The molecule has 0 radical (unpaired) electrons. The van der Waals surface area contributed by atoms with Gasteiger partial charge in [-0.25, -0.2) is 9.59 Å². The fourth-order valence-electron chi connectivity index (χ4n) is 2.92. The van der Waals surface area contributed by atoms with Crippen LogP contribution in [0.3, 0.4) is 0 Å². The largest absolute Gasteiger partial charge is 0.462 e. The lowest BCUT2D eigenvalue weighted by Crippen LogP contribution is -2.16. The standard InChI is InChI=1S/C23H19ClO6/c1-3-28-22(26)18-17(19(25)14-10-12-16(24)13-11-14)20(15-8-6-5-7-9-15)30-21(18)23(27)29-4-2/h5-13H,3-4H2,1-2H3. The Hall–Kier alpha value is -3.38. The van der Waals surface area contributed by atoms with Crippen LogP contribution in [-0.2, 0) is 9.47 Å². The van der Waals surface area contributed by atoms with Crippen LogP contribution in [0.15, 0.2) is 59.0 Å². The minimum absolute atomic E-state index is 0.0571. The molecule has 0 saturated carbocycles. The van der Waals surface area contributed by atoms with Crippen LogP contribution < -0.4 is 0 Å². The molecule has 0 aliphatic heterocycles. The fraction of sp³-hybridized carbons (Fsp3) is 0.174. The molecular weight excluding hydrogens is 408 g/mol. The van der Waals surface area contributed by atoms with E-state index in [1.165, 1.54) is 12.1 Å². The Balaban J connectivity index is 2.29. The lowest BCUT2D eigenvalue weighted by molar-refractivity contribution is 0.0452. The number of halogens is 1. The number of carbonyl (C=O) groups excluding carboxylic acids is 3. The van der Waals surface area contributed by atoms with E-state index in [2.05, 4.69) is 0 Å². The molecule has 0 N–H and O–H groups in total. The number of hydrogen-bond donors (Lipinski definition) is 0. The SMILES string of the molecule is CCOC(=O)c1oc(-c2ccccc2)c(C(=O)c2ccc(Cl)cc2)c1C(=O)OCC. The number of carbonyl (C=O) groups is 3. The Kier molecular flexibility index (Phi) is 6.69.